The molecule has 4 atom stereocenters. The van der Waals surface area contributed by atoms with Gasteiger partial charge in [-0.2, -0.15) is 26.3 Å². The molecular formula is C20H22F3N3O3S. The molecular weight excluding hydrogens is 419 g/mol. The molecule has 0 spiro atoms. The molecule has 0 radical (unpaired) electrons. The molecule has 2 aliphatic rings. The van der Waals surface area contributed by atoms with E-state index < -0.39 is 34.2 Å². The number of alkyl halides is 3. The molecule has 30 heavy (non-hydrogen) atoms. The predicted molar refractivity (Wildman–Crippen MR) is 106 cm³/mol. The van der Waals surface area contributed by atoms with Crippen LogP contribution in [0.3, 0.4) is 0 Å². The fourth-order valence-electron chi connectivity index (χ4n) is 4.28. The number of halogens is 3. The first-order valence-electron chi connectivity index (χ1n) is 9.57. The summed E-state index contributed by atoms with van der Waals surface area (Å²) < 4.78 is 70.7. The number of hydrogen-bond acceptors (Lipinski definition) is 4. The Morgan fingerprint density at radius 1 is 1.13 bits per heavy atom. The molecule has 2 aromatic carbocycles. The molecule has 0 unspecified atom stereocenters. The number of benzene rings is 2. The first kappa shape index (κ1) is 21.1. The van der Waals surface area contributed by atoms with Gasteiger partial charge in [0.1, 0.15) is 0 Å². The molecule has 0 aliphatic carbocycles. The molecule has 0 amide bonds. The summed E-state index contributed by atoms with van der Waals surface area (Å²) in [6.45, 7) is -0.0280. The van der Waals surface area contributed by atoms with Crippen LogP contribution in [0.4, 0.5) is 18.9 Å². The van der Waals surface area contributed by atoms with Gasteiger partial charge in [0.05, 0.1) is 23.8 Å². The lowest BCUT2D eigenvalue weighted by Crippen LogP contribution is -2.44. The SMILES string of the molecule is NS(=O)(=O)NC[C@H]1CC[C@@H]2[C@H](O1)c1cc(C(F)(F)F)ccc1N[C@H]2c1ccccc1. The summed E-state index contributed by atoms with van der Waals surface area (Å²) >= 11 is 0. The van der Waals surface area contributed by atoms with Crippen molar-refractivity contribution in [1.29, 1.82) is 0 Å². The molecule has 4 N–H and O–H groups in total. The maximum absolute atomic E-state index is 13.3. The van der Waals surface area contributed by atoms with E-state index in [0.29, 0.717) is 24.1 Å². The highest BCUT2D eigenvalue weighted by molar-refractivity contribution is 7.87. The largest absolute Gasteiger partial charge is 0.416 e. The Bertz CT molecular complexity index is 1010. The maximum atomic E-state index is 13.3. The van der Waals surface area contributed by atoms with E-state index in [1.165, 1.54) is 6.07 Å². The Hall–Kier alpha value is -2.14. The van der Waals surface area contributed by atoms with Crippen LogP contribution in [0.15, 0.2) is 48.5 Å². The quantitative estimate of drug-likeness (QED) is 0.677. The summed E-state index contributed by atoms with van der Waals surface area (Å²) in [5.74, 6) is -0.103. The highest BCUT2D eigenvalue weighted by Gasteiger charge is 2.43. The Morgan fingerprint density at radius 3 is 2.53 bits per heavy atom. The van der Waals surface area contributed by atoms with Crippen LogP contribution >= 0.6 is 0 Å². The van der Waals surface area contributed by atoms with E-state index in [9.17, 15) is 21.6 Å². The number of rotatable bonds is 4. The summed E-state index contributed by atoms with van der Waals surface area (Å²) in [6.07, 6.45) is -4.34. The van der Waals surface area contributed by atoms with Crippen LogP contribution in [-0.4, -0.2) is 21.1 Å². The first-order valence-corrected chi connectivity index (χ1v) is 11.1. The van der Waals surface area contributed by atoms with E-state index in [1.807, 2.05) is 30.3 Å². The van der Waals surface area contributed by atoms with Crippen LogP contribution in [0.5, 0.6) is 0 Å². The summed E-state index contributed by atoms with van der Waals surface area (Å²) in [7, 11) is -3.88. The third kappa shape index (κ3) is 4.46. The normalized spacial score (nSPS) is 26.4. The van der Waals surface area contributed by atoms with Crippen molar-refractivity contribution in [3.63, 3.8) is 0 Å². The molecule has 2 aliphatic heterocycles. The van der Waals surface area contributed by atoms with Crippen LogP contribution in [0, 0.1) is 5.92 Å². The minimum Gasteiger partial charge on any atom is -0.378 e. The van der Waals surface area contributed by atoms with Gasteiger partial charge in [-0.05, 0) is 36.6 Å². The summed E-state index contributed by atoms with van der Waals surface area (Å²) in [6, 6.07) is 13.1. The lowest BCUT2D eigenvalue weighted by Gasteiger charge is -2.46. The van der Waals surface area contributed by atoms with E-state index in [0.717, 1.165) is 17.7 Å². The van der Waals surface area contributed by atoms with Crippen LogP contribution in [-0.2, 0) is 21.1 Å². The van der Waals surface area contributed by atoms with Gasteiger partial charge in [-0.25, -0.2) is 5.14 Å². The first-order chi connectivity index (χ1) is 14.1. The minimum absolute atomic E-state index is 0.0280. The molecule has 2 aromatic rings. The molecule has 6 nitrogen and oxygen atoms in total. The molecule has 2 heterocycles. The van der Waals surface area contributed by atoms with Gasteiger partial charge in [0, 0.05) is 23.7 Å². The second kappa shape index (κ2) is 7.84. The number of ether oxygens (including phenoxy) is 1. The Kier molecular flexibility index (Phi) is 5.52. The summed E-state index contributed by atoms with van der Waals surface area (Å²) in [5.41, 5.74) is 1.29. The second-order valence-electron chi connectivity index (χ2n) is 7.65. The van der Waals surface area contributed by atoms with Crippen LogP contribution in [0.2, 0.25) is 0 Å². The zero-order valence-electron chi connectivity index (χ0n) is 15.9. The third-order valence-electron chi connectivity index (χ3n) is 5.65. The van der Waals surface area contributed by atoms with Gasteiger partial charge >= 0.3 is 6.18 Å². The van der Waals surface area contributed by atoms with Gasteiger partial charge < -0.3 is 10.1 Å². The number of fused-ring (bicyclic) bond motifs is 3. The molecule has 0 aromatic heterocycles. The number of nitrogens with two attached hydrogens (primary N) is 1. The van der Waals surface area contributed by atoms with Crippen molar-refractivity contribution in [3.8, 4) is 0 Å². The lowest BCUT2D eigenvalue weighted by molar-refractivity contribution is -0.138. The summed E-state index contributed by atoms with van der Waals surface area (Å²) in [4.78, 5) is 0. The van der Waals surface area contributed by atoms with Gasteiger partial charge in [-0.15, -0.1) is 0 Å². The van der Waals surface area contributed by atoms with E-state index >= 15 is 0 Å². The lowest BCUT2D eigenvalue weighted by atomic mass is 9.76. The van der Waals surface area contributed by atoms with Gasteiger partial charge in [-0.1, -0.05) is 30.3 Å². The van der Waals surface area contributed by atoms with E-state index in [2.05, 4.69) is 10.0 Å². The standard InChI is InChI=1S/C20H22F3N3O3S/c21-20(22,23)13-6-9-17-16(10-13)19-15(18(26-17)12-4-2-1-3-5-12)8-7-14(29-19)11-25-30(24,27)28/h1-6,9-10,14-15,18-19,25-26H,7-8,11H2,(H2,24,27,28)/t14-,15+,18+,19+/m1/s1. The van der Waals surface area contributed by atoms with Crippen molar-refractivity contribution in [1.82, 2.24) is 4.72 Å². The average molecular weight is 441 g/mol. The maximum Gasteiger partial charge on any atom is 0.416 e. The molecule has 162 valence electrons. The van der Waals surface area contributed by atoms with E-state index in [1.54, 1.807) is 0 Å². The number of hydrogen-bond donors (Lipinski definition) is 3. The Balaban J connectivity index is 1.69. The molecule has 4 rings (SSSR count). The van der Waals surface area contributed by atoms with Gasteiger partial charge in [0.15, 0.2) is 0 Å². The fourth-order valence-corrected chi connectivity index (χ4v) is 4.70. The fraction of sp³-hybridized carbons (Fsp3) is 0.400. The topological polar surface area (TPSA) is 93.5 Å². The van der Waals surface area contributed by atoms with E-state index in [-0.39, 0.29) is 18.5 Å². The highest BCUT2D eigenvalue weighted by atomic mass is 32.2. The van der Waals surface area contributed by atoms with Gasteiger partial charge in [0.25, 0.3) is 10.2 Å². The zero-order valence-corrected chi connectivity index (χ0v) is 16.7. The van der Waals surface area contributed by atoms with Gasteiger partial charge in [-0.3, -0.25) is 0 Å². The monoisotopic (exact) mass is 441 g/mol. The molecule has 0 saturated carbocycles. The molecule has 0 bridgehead atoms. The van der Waals surface area contributed by atoms with Crippen LogP contribution < -0.4 is 15.2 Å². The second-order valence-corrected chi connectivity index (χ2v) is 9.02. The third-order valence-corrected chi connectivity index (χ3v) is 6.21. The Labute approximate surface area is 172 Å². The van der Waals surface area contributed by atoms with Crippen LogP contribution in [0.1, 0.15) is 41.7 Å². The van der Waals surface area contributed by atoms with Crippen molar-refractivity contribution >= 4 is 15.9 Å². The number of anilines is 1. The zero-order chi connectivity index (χ0) is 21.5. The highest BCUT2D eigenvalue weighted by Crippen LogP contribution is 2.51. The Morgan fingerprint density at radius 2 is 1.87 bits per heavy atom. The number of nitrogens with one attached hydrogen (secondary N) is 2. The van der Waals surface area contributed by atoms with Crippen LogP contribution in [0.25, 0.3) is 0 Å². The predicted octanol–water partition coefficient (Wildman–Crippen LogP) is 3.50. The van der Waals surface area contributed by atoms with Crippen molar-refractivity contribution in [2.24, 2.45) is 11.1 Å². The van der Waals surface area contributed by atoms with Crippen molar-refractivity contribution in [2.45, 2.75) is 37.3 Å². The van der Waals surface area contributed by atoms with Crippen molar-refractivity contribution < 1.29 is 26.3 Å². The smallest absolute Gasteiger partial charge is 0.378 e. The average Bonchev–Trinajstić information content (AvgIpc) is 2.70. The molecule has 1 fully saturated rings. The van der Waals surface area contributed by atoms with Gasteiger partial charge in [0.2, 0.25) is 0 Å². The van der Waals surface area contributed by atoms with Crippen molar-refractivity contribution in [3.05, 3.63) is 65.2 Å². The molecule has 10 heteroatoms. The molecule has 1 saturated heterocycles. The van der Waals surface area contributed by atoms with E-state index in [4.69, 9.17) is 9.88 Å². The minimum atomic E-state index is -4.47. The van der Waals surface area contributed by atoms with Crippen molar-refractivity contribution in [2.75, 3.05) is 11.9 Å². The summed E-state index contributed by atoms with van der Waals surface area (Å²) in [5, 5.41) is 8.38.